The maximum absolute atomic E-state index is 12.8. The van der Waals surface area contributed by atoms with Crippen molar-refractivity contribution in [3.8, 4) is 0 Å². The first-order valence-electron chi connectivity index (χ1n) is 10.3. The van der Waals surface area contributed by atoms with E-state index in [9.17, 15) is 9.59 Å². The Labute approximate surface area is 175 Å². The average Bonchev–Trinajstić information content (AvgIpc) is 2.79. The number of benzene rings is 2. The van der Waals surface area contributed by atoms with E-state index in [2.05, 4.69) is 44.8 Å². The molecule has 0 unspecified atom stereocenters. The van der Waals surface area contributed by atoms with Crippen LogP contribution in [-0.4, -0.2) is 39.4 Å². The molecule has 1 N–H and O–H groups in total. The molecule has 0 atom stereocenters. The van der Waals surface area contributed by atoms with Gasteiger partial charge >= 0.3 is 0 Å². The number of nitrogens with one attached hydrogen (secondary N) is 1. The number of hydrogen-bond donors (Lipinski definition) is 1. The number of carbonyl (C=O) groups is 1. The molecule has 4 rings (SSSR count). The summed E-state index contributed by atoms with van der Waals surface area (Å²) in [5.74, 6) is -0.396. The van der Waals surface area contributed by atoms with Crippen molar-refractivity contribution >= 4 is 22.4 Å². The quantitative estimate of drug-likeness (QED) is 0.665. The van der Waals surface area contributed by atoms with E-state index in [-0.39, 0.29) is 11.3 Å². The van der Waals surface area contributed by atoms with E-state index < -0.39 is 5.91 Å². The summed E-state index contributed by atoms with van der Waals surface area (Å²) in [6.07, 6.45) is 1.63. The molecule has 0 radical (unpaired) electrons. The van der Waals surface area contributed by atoms with Gasteiger partial charge in [0, 0.05) is 50.1 Å². The van der Waals surface area contributed by atoms with Gasteiger partial charge in [-0.3, -0.25) is 14.5 Å². The summed E-state index contributed by atoms with van der Waals surface area (Å²) in [4.78, 5) is 27.6. The molecule has 1 aromatic heterocycles. The summed E-state index contributed by atoms with van der Waals surface area (Å²) < 4.78 is 1.31. The molecule has 1 amide bonds. The molecule has 7 heteroatoms. The van der Waals surface area contributed by atoms with Gasteiger partial charge in [0.25, 0.3) is 11.5 Å². The Morgan fingerprint density at radius 3 is 2.40 bits per heavy atom. The fourth-order valence-electron chi connectivity index (χ4n) is 3.72. The number of aryl methyl sites for hydroxylation is 1. The van der Waals surface area contributed by atoms with Gasteiger partial charge in [-0.15, -0.1) is 0 Å². The number of aromatic nitrogens is 2. The van der Waals surface area contributed by atoms with Crippen LogP contribution in [0.3, 0.4) is 0 Å². The molecule has 1 aliphatic heterocycles. The standard InChI is InChI=1S/C23H25N5O2/c1-2-28-23(30)20-11-7-6-10-19(20)21(26-28)22(29)25-24-18-12-14-27(15-13-18)16-17-8-4-3-5-9-17/h3-11H,2,12-16H2,1H3,(H,25,29). The predicted molar refractivity (Wildman–Crippen MR) is 118 cm³/mol. The third-order valence-electron chi connectivity index (χ3n) is 5.38. The fraction of sp³-hybridized carbons (Fsp3) is 0.304. The highest BCUT2D eigenvalue weighted by molar-refractivity contribution is 6.05. The van der Waals surface area contributed by atoms with Crippen molar-refractivity contribution in [1.82, 2.24) is 20.1 Å². The third kappa shape index (κ3) is 4.31. The maximum Gasteiger partial charge on any atom is 0.292 e. The van der Waals surface area contributed by atoms with E-state index in [1.807, 2.05) is 13.0 Å². The Bertz CT molecular complexity index is 1130. The van der Waals surface area contributed by atoms with E-state index in [1.54, 1.807) is 24.3 Å². The van der Waals surface area contributed by atoms with Gasteiger partial charge in [0.2, 0.25) is 0 Å². The first-order valence-corrected chi connectivity index (χ1v) is 10.3. The lowest BCUT2D eigenvalue weighted by atomic mass is 10.1. The van der Waals surface area contributed by atoms with Crippen LogP contribution in [0.4, 0.5) is 0 Å². The average molecular weight is 403 g/mol. The maximum atomic E-state index is 12.8. The molecule has 30 heavy (non-hydrogen) atoms. The molecule has 2 heterocycles. The molecule has 0 saturated carbocycles. The van der Waals surface area contributed by atoms with E-state index >= 15 is 0 Å². The van der Waals surface area contributed by atoms with E-state index in [1.165, 1.54) is 10.2 Å². The Kier molecular flexibility index (Phi) is 5.99. The van der Waals surface area contributed by atoms with E-state index in [0.717, 1.165) is 38.2 Å². The van der Waals surface area contributed by atoms with Crippen LogP contribution < -0.4 is 11.0 Å². The molecule has 0 aliphatic carbocycles. The Balaban J connectivity index is 1.43. The number of carbonyl (C=O) groups excluding carboxylic acids is 1. The predicted octanol–water partition coefficient (Wildman–Crippen LogP) is 2.80. The lowest BCUT2D eigenvalue weighted by Crippen LogP contribution is -2.35. The van der Waals surface area contributed by atoms with Crippen molar-refractivity contribution in [1.29, 1.82) is 0 Å². The third-order valence-corrected chi connectivity index (χ3v) is 5.38. The summed E-state index contributed by atoms with van der Waals surface area (Å²) in [6, 6.07) is 17.5. The Morgan fingerprint density at radius 1 is 1.03 bits per heavy atom. The summed E-state index contributed by atoms with van der Waals surface area (Å²) in [5.41, 5.74) is 4.95. The highest BCUT2D eigenvalue weighted by Crippen LogP contribution is 2.14. The number of amides is 1. The molecule has 3 aromatic rings. The first-order chi connectivity index (χ1) is 14.7. The number of nitrogens with zero attached hydrogens (tertiary/aromatic N) is 4. The summed E-state index contributed by atoms with van der Waals surface area (Å²) in [6.45, 7) is 4.97. The van der Waals surface area contributed by atoms with Gasteiger partial charge in [0.05, 0.1) is 5.39 Å². The second kappa shape index (κ2) is 9.00. The van der Waals surface area contributed by atoms with E-state index in [0.29, 0.717) is 17.3 Å². The summed E-state index contributed by atoms with van der Waals surface area (Å²) in [7, 11) is 0. The normalized spacial score (nSPS) is 14.6. The van der Waals surface area contributed by atoms with Crippen LogP contribution in [0, 0.1) is 0 Å². The highest BCUT2D eigenvalue weighted by atomic mass is 16.2. The lowest BCUT2D eigenvalue weighted by molar-refractivity contribution is 0.0949. The molecule has 0 bridgehead atoms. The lowest BCUT2D eigenvalue weighted by Gasteiger charge is -2.27. The summed E-state index contributed by atoms with van der Waals surface area (Å²) >= 11 is 0. The number of hydrazone groups is 1. The van der Waals surface area contributed by atoms with Crippen LogP contribution in [0.5, 0.6) is 0 Å². The van der Waals surface area contributed by atoms with Crippen molar-refractivity contribution in [3.05, 3.63) is 76.2 Å². The highest BCUT2D eigenvalue weighted by Gasteiger charge is 2.18. The molecule has 0 spiro atoms. The minimum atomic E-state index is -0.396. The van der Waals surface area contributed by atoms with Crippen LogP contribution in [0.2, 0.25) is 0 Å². The topological polar surface area (TPSA) is 79.6 Å². The van der Waals surface area contributed by atoms with Gasteiger partial charge in [-0.05, 0) is 18.6 Å². The van der Waals surface area contributed by atoms with Crippen LogP contribution in [0.15, 0.2) is 64.5 Å². The largest absolute Gasteiger partial charge is 0.298 e. The zero-order chi connectivity index (χ0) is 20.9. The number of likely N-dealkylation sites (tertiary alicyclic amines) is 1. The van der Waals surface area contributed by atoms with Gasteiger partial charge < -0.3 is 0 Å². The fourth-order valence-corrected chi connectivity index (χ4v) is 3.72. The second-order valence-electron chi connectivity index (χ2n) is 7.40. The second-order valence-corrected chi connectivity index (χ2v) is 7.40. The van der Waals surface area contributed by atoms with Gasteiger partial charge in [-0.1, -0.05) is 48.5 Å². The number of rotatable bonds is 5. The monoisotopic (exact) mass is 403 g/mol. The molecule has 1 aliphatic rings. The molecule has 2 aromatic carbocycles. The van der Waals surface area contributed by atoms with Crippen LogP contribution >= 0.6 is 0 Å². The zero-order valence-corrected chi connectivity index (χ0v) is 17.0. The number of fused-ring (bicyclic) bond motifs is 1. The first kappa shape index (κ1) is 20.0. The van der Waals surface area contributed by atoms with Gasteiger partial charge in [-0.25, -0.2) is 10.1 Å². The Morgan fingerprint density at radius 2 is 1.70 bits per heavy atom. The van der Waals surface area contributed by atoms with Crippen molar-refractivity contribution in [2.45, 2.75) is 32.9 Å². The smallest absolute Gasteiger partial charge is 0.292 e. The van der Waals surface area contributed by atoms with E-state index in [4.69, 9.17) is 0 Å². The minimum absolute atomic E-state index is 0.193. The molecule has 154 valence electrons. The molecule has 7 nitrogen and oxygen atoms in total. The van der Waals surface area contributed by atoms with Crippen LogP contribution in [0.25, 0.3) is 10.8 Å². The van der Waals surface area contributed by atoms with Gasteiger partial charge in [-0.2, -0.15) is 10.2 Å². The number of piperidine rings is 1. The molecule has 1 saturated heterocycles. The minimum Gasteiger partial charge on any atom is -0.298 e. The van der Waals surface area contributed by atoms with Crippen molar-refractivity contribution in [2.75, 3.05) is 13.1 Å². The molecular formula is C23H25N5O2. The van der Waals surface area contributed by atoms with Crippen LogP contribution in [-0.2, 0) is 13.1 Å². The Hall–Kier alpha value is -3.32. The van der Waals surface area contributed by atoms with Crippen molar-refractivity contribution in [2.24, 2.45) is 5.10 Å². The zero-order valence-electron chi connectivity index (χ0n) is 17.0. The van der Waals surface area contributed by atoms with Crippen LogP contribution in [0.1, 0.15) is 35.8 Å². The van der Waals surface area contributed by atoms with Crippen molar-refractivity contribution in [3.63, 3.8) is 0 Å². The molecular weight excluding hydrogens is 378 g/mol. The summed E-state index contributed by atoms with van der Waals surface area (Å²) in [5, 5.41) is 9.64. The van der Waals surface area contributed by atoms with Crippen molar-refractivity contribution < 1.29 is 4.79 Å². The SMILES string of the molecule is CCn1nc(C(=O)NN=C2CCN(Cc3ccccc3)CC2)c2ccccc2c1=O. The number of hydrogen-bond acceptors (Lipinski definition) is 5. The van der Waals surface area contributed by atoms with Gasteiger partial charge in [0.15, 0.2) is 5.69 Å². The van der Waals surface area contributed by atoms with Gasteiger partial charge in [0.1, 0.15) is 0 Å². The molecule has 1 fully saturated rings.